The Morgan fingerprint density at radius 3 is 1.73 bits per heavy atom. The number of nitrogens with zero attached hydrogens (tertiary/aromatic N) is 4. The van der Waals surface area contributed by atoms with Crippen molar-refractivity contribution in [2.75, 3.05) is 0 Å². The molecule has 0 saturated heterocycles. The summed E-state index contributed by atoms with van der Waals surface area (Å²) in [6, 6.07) is 59.0. The Bertz CT molecular complexity index is 2800. The summed E-state index contributed by atoms with van der Waals surface area (Å²) in [6.07, 6.45) is 0. The van der Waals surface area contributed by atoms with Crippen LogP contribution in [0.15, 0.2) is 158 Å². The average molecular weight is 611 g/mol. The van der Waals surface area contributed by atoms with Crippen LogP contribution in [0.25, 0.3) is 77.2 Å². The molecule has 0 fully saturated rings. The largest absolute Gasteiger partial charge is 0.309 e. The van der Waals surface area contributed by atoms with Crippen molar-refractivity contribution in [2.45, 2.75) is 0 Å². The molecule has 4 nitrogen and oxygen atoms in total. The second-order valence-corrected chi connectivity index (χ2v) is 12.0. The molecule has 0 unspecified atom stereocenters. The maximum Gasteiger partial charge on any atom is 0.101 e. The van der Waals surface area contributed by atoms with Crippen LogP contribution in [0.4, 0.5) is 0 Å². The number of nitriles is 2. The van der Waals surface area contributed by atoms with Crippen molar-refractivity contribution >= 4 is 43.6 Å². The van der Waals surface area contributed by atoms with E-state index < -0.39 is 0 Å². The van der Waals surface area contributed by atoms with Crippen LogP contribution in [0.3, 0.4) is 0 Å². The molecule has 48 heavy (non-hydrogen) atoms. The van der Waals surface area contributed by atoms with Gasteiger partial charge >= 0.3 is 0 Å². The average Bonchev–Trinajstić information content (AvgIpc) is 3.66. The highest BCUT2D eigenvalue weighted by Crippen LogP contribution is 2.42. The van der Waals surface area contributed by atoms with Crippen LogP contribution in [-0.2, 0) is 0 Å². The molecule has 0 aliphatic heterocycles. The molecule has 0 bridgehead atoms. The molecule has 2 aromatic heterocycles. The Hall–Kier alpha value is -6.88. The molecular formula is C44H26N4. The monoisotopic (exact) mass is 610 g/mol. The molecule has 2 heterocycles. The van der Waals surface area contributed by atoms with Crippen LogP contribution in [0.1, 0.15) is 11.1 Å². The minimum atomic E-state index is 0.579. The van der Waals surface area contributed by atoms with E-state index in [0.717, 1.165) is 61.0 Å². The zero-order chi connectivity index (χ0) is 32.2. The predicted octanol–water partition coefficient (Wildman–Crippen LogP) is 11.0. The third-order valence-electron chi connectivity index (χ3n) is 9.40. The van der Waals surface area contributed by atoms with Gasteiger partial charge in [-0.3, -0.25) is 0 Å². The van der Waals surface area contributed by atoms with Crippen molar-refractivity contribution in [2.24, 2.45) is 0 Å². The minimum absolute atomic E-state index is 0.579. The lowest BCUT2D eigenvalue weighted by molar-refractivity contribution is 1.17. The Kier molecular flexibility index (Phi) is 6.22. The van der Waals surface area contributed by atoms with Crippen LogP contribution in [0.2, 0.25) is 0 Å². The smallest absolute Gasteiger partial charge is 0.101 e. The molecule has 0 N–H and O–H groups in total. The Morgan fingerprint density at radius 2 is 0.979 bits per heavy atom. The lowest BCUT2D eigenvalue weighted by Gasteiger charge is -2.18. The van der Waals surface area contributed by atoms with Gasteiger partial charge in [-0.15, -0.1) is 0 Å². The van der Waals surface area contributed by atoms with Gasteiger partial charge in [0.1, 0.15) is 6.07 Å². The number of benzene rings is 7. The molecule has 0 saturated carbocycles. The maximum atomic E-state index is 10.5. The van der Waals surface area contributed by atoms with Gasteiger partial charge in [-0.1, -0.05) is 97.1 Å². The quantitative estimate of drug-likeness (QED) is 0.199. The summed E-state index contributed by atoms with van der Waals surface area (Å²) < 4.78 is 4.52. The summed E-state index contributed by atoms with van der Waals surface area (Å²) in [5, 5.41) is 24.6. The molecule has 0 aliphatic rings. The number of rotatable bonds is 4. The summed E-state index contributed by atoms with van der Waals surface area (Å²) in [6.45, 7) is 0. The number of hydrogen-bond donors (Lipinski definition) is 0. The third kappa shape index (κ3) is 4.07. The van der Waals surface area contributed by atoms with Gasteiger partial charge in [-0.2, -0.15) is 10.5 Å². The van der Waals surface area contributed by atoms with E-state index in [1.807, 2.05) is 48.5 Å². The summed E-state index contributed by atoms with van der Waals surface area (Å²) in [4.78, 5) is 0. The minimum Gasteiger partial charge on any atom is -0.309 e. The van der Waals surface area contributed by atoms with Crippen molar-refractivity contribution in [3.8, 4) is 45.8 Å². The zero-order valence-corrected chi connectivity index (χ0v) is 25.8. The molecule has 9 aromatic rings. The fourth-order valence-corrected chi connectivity index (χ4v) is 7.34. The van der Waals surface area contributed by atoms with Crippen molar-refractivity contribution in [1.82, 2.24) is 9.13 Å². The van der Waals surface area contributed by atoms with Gasteiger partial charge in [0.05, 0.1) is 45.0 Å². The van der Waals surface area contributed by atoms with Crippen molar-refractivity contribution in [1.29, 1.82) is 10.5 Å². The first-order valence-electron chi connectivity index (χ1n) is 15.9. The number of para-hydroxylation sites is 4. The Morgan fingerprint density at radius 1 is 0.396 bits per heavy atom. The fourth-order valence-electron chi connectivity index (χ4n) is 7.34. The highest BCUT2D eigenvalue weighted by molar-refractivity contribution is 6.12. The van der Waals surface area contributed by atoms with E-state index in [4.69, 9.17) is 0 Å². The van der Waals surface area contributed by atoms with E-state index in [1.54, 1.807) is 0 Å². The molecule has 4 heteroatoms. The van der Waals surface area contributed by atoms with Gasteiger partial charge in [-0.05, 0) is 77.4 Å². The maximum absolute atomic E-state index is 10.5. The van der Waals surface area contributed by atoms with E-state index in [0.29, 0.717) is 11.1 Å². The highest BCUT2D eigenvalue weighted by Gasteiger charge is 2.21. The van der Waals surface area contributed by atoms with Crippen molar-refractivity contribution < 1.29 is 0 Å². The summed E-state index contributed by atoms with van der Waals surface area (Å²) >= 11 is 0. The normalized spacial score (nSPS) is 11.3. The van der Waals surface area contributed by atoms with Crippen LogP contribution >= 0.6 is 0 Å². The third-order valence-corrected chi connectivity index (χ3v) is 9.40. The SMILES string of the molecule is N#Cc1ccc2c(c1)c1ccccc1n2-c1c(C#N)cccc1-c1ccccc1-c1ccc2c(c1)c1ccccc1n2-c1ccccc1. The van der Waals surface area contributed by atoms with E-state index in [1.165, 1.54) is 16.3 Å². The first-order valence-corrected chi connectivity index (χ1v) is 15.9. The van der Waals surface area contributed by atoms with Crippen molar-refractivity contribution in [3.63, 3.8) is 0 Å². The highest BCUT2D eigenvalue weighted by atomic mass is 15.0. The van der Waals surface area contributed by atoms with Gasteiger partial charge in [-0.25, -0.2) is 0 Å². The van der Waals surface area contributed by atoms with E-state index in [9.17, 15) is 10.5 Å². The topological polar surface area (TPSA) is 57.4 Å². The molecule has 0 spiro atoms. The van der Waals surface area contributed by atoms with Gasteiger partial charge in [0.15, 0.2) is 0 Å². The van der Waals surface area contributed by atoms with Gasteiger partial charge in [0.25, 0.3) is 0 Å². The molecule has 222 valence electrons. The summed E-state index contributed by atoms with van der Waals surface area (Å²) in [7, 11) is 0. The second-order valence-electron chi connectivity index (χ2n) is 12.0. The fraction of sp³-hybridized carbons (Fsp3) is 0. The summed E-state index contributed by atoms with van der Waals surface area (Å²) in [5.74, 6) is 0. The van der Waals surface area contributed by atoms with Crippen LogP contribution in [0.5, 0.6) is 0 Å². The molecule has 0 aliphatic carbocycles. The molecule has 0 amide bonds. The summed E-state index contributed by atoms with van der Waals surface area (Å²) in [5.41, 5.74) is 11.6. The van der Waals surface area contributed by atoms with Gasteiger partial charge in [0, 0.05) is 32.8 Å². The lowest BCUT2D eigenvalue weighted by atomic mass is 9.91. The second kappa shape index (κ2) is 10.9. The number of aromatic nitrogens is 2. The van der Waals surface area contributed by atoms with E-state index >= 15 is 0 Å². The lowest BCUT2D eigenvalue weighted by Crippen LogP contribution is -2.01. The molecular weight excluding hydrogens is 585 g/mol. The first kappa shape index (κ1) is 27.4. The van der Waals surface area contributed by atoms with Gasteiger partial charge < -0.3 is 9.13 Å². The standard InChI is InChI=1S/C44H26N4/c45-27-29-21-23-43-38(25-29)35-16-7-9-20-41(35)48(43)44-31(28-46)11-10-18-37(44)34-15-5-4-14-33(34)30-22-24-42-39(26-30)36-17-6-8-19-40(36)47(42)32-12-2-1-3-13-32/h1-26H. The molecule has 7 aromatic carbocycles. The molecule has 0 atom stereocenters. The first-order chi connectivity index (χ1) is 23.7. The van der Waals surface area contributed by atoms with Crippen LogP contribution in [-0.4, -0.2) is 9.13 Å². The molecule has 0 radical (unpaired) electrons. The van der Waals surface area contributed by atoms with Crippen LogP contribution in [0, 0.1) is 22.7 Å². The predicted molar refractivity (Wildman–Crippen MR) is 195 cm³/mol. The van der Waals surface area contributed by atoms with E-state index in [-0.39, 0.29) is 0 Å². The Balaban J connectivity index is 1.31. The van der Waals surface area contributed by atoms with E-state index in [2.05, 4.69) is 130 Å². The number of fused-ring (bicyclic) bond motifs is 6. The zero-order valence-electron chi connectivity index (χ0n) is 25.8. The van der Waals surface area contributed by atoms with Gasteiger partial charge in [0.2, 0.25) is 0 Å². The number of hydrogen-bond acceptors (Lipinski definition) is 2. The van der Waals surface area contributed by atoms with Crippen LogP contribution < -0.4 is 0 Å². The van der Waals surface area contributed by atoms with Crippen molar-refractivity contribution in [3.05, 3.63) is 169 Å². The Labute approximate surface area is 277 Å². The molecule has 9 rings (SSSR count).